The Morgan fingerprint density at radius 3 is 2.83 bits per heavy atom. The SMILES string of the molecule is Cc1cccc(S(=O)(=O)NC[C@H]2C[C@H](c3nncn3C)C[C@H]2O)c1. The highest BCUT2D eigenvalue weighted by atomic mass is 32.2. The fourth-order valence-electron chi connectivity index (χ4n) is 3.28. The van der Waals surface area contributed by atoms with Gasteiger partial charge in [-0.25, -0.2) is 13.1 Å². The molecule has 130 valence electrons. The average molecular weight is 350 g/mol. The minimum absolute atomic E-state index is 0.0981. The van der Waals surface area contributed by atoms with Crippen molar-refractivity contribution in [1.82, 2.24) is 19.5 Å². The van der Waals surface area contributed by atoms with E-state index in [2.05, 4.69) is 14.9 Å². The highest BCUT2D eigenvalue weighted by Gasteiger charge is 2.36. The molecule has 0 saturated heterocycles. The summed E-state index contributed by atoms with van der Waals surface area (Å²) in [6.45, 7) is 2.07. The van der Waals surface area contributed by atoms with E-state index in [9.17, 15) is 13.5 Å². The molecule has 0 amide bonds. The molecule has 0 bridgehead atoms. The summed E-state index contributed by atoms with van der Waals surface area (Å²) in [6.07, 6.45) is 2.34. The first kappa shape index (κ1) is 17.1. The smallest absolute Gasteiger partial charge is 0.240 e. The molecule has 3 atom stereocenters. The Bertz CT molecular complexity index is 818. The first-order valence-corrected chi connectivity index (χ1v) is 9.43. The van der Waals surface area contributed by atoms with Crippen LogP contribution in [0.5, 0.6) is 0 Å². The van der Waals surface area contributed by atoms with Crippen LogP contribution in [0.3, 0.4) is 0 Å². The van der Waals surface area contributed by atoms with Gasteiger partial charge >= 0.3 is 0 Å². The van der Waals surface area contributed by atoms with Crippen LogP contribution in [0.1, 0.15) is 30.1 Å². The van der Waals surface area contributed by atoms with Crippen molar-refractivity contribution >= 4 is 10.0 Å². The van der Waals surface area contributed by atoms with Crippen LogP contribution in [0.25, 0.3) is 0 Å². The molecule has 2 N–H and O–H groups in total. The van der Waals surface area contributed by atoms with Gasteiger partial charge in [0.15, 0.2) is 0 Å². The van der Waals surface area contributed by atoms with E-state index in [4.69, 9.17) is 0 Å². The molecule has 7 nitrogen and oxygen atoms in total. The van der Waals surface area contributed by atoms with E-state index in [-0.39, 0.29) is 23.3 Å². The number of aromatic nitrogens is 3. The predicted molar refractivity (Wildman–Crippen MR) is 88.8 cm³/mol. The second-order valence-electron chi connectivity index (χ2n) is 6.46. The number of aliphatic hydroxyl groups excluding tert-OH is 1. The molecule has 1 fully saturated rings. The normalized spacial score (nSPS) is 24.4. The molecular weight excluding hydrogens is 328 g/mol. The number of aryl methyl sites for hydroxylation is 2. The van der Waals surface area contributed by atoms with Crippen LogP contribution < -0.4 is 4.72 Å². The lowest BCUT2D eigenvalue weighted by Gasteiger charge is -2.15. The highest BCUT2D eigenvalue weighted by Crippen LogP contribution is 2.37. The van der Waals surface area contributed by atoms with E-state index >= 15 is 0 Å². The monoisotopic (exact) mass is 350 g/mol. The zero-order valence-corrected chi connectivity index (χ0v) is 14.6. The predicted octanol–water partition coefficient (Wildman–Crippen LogP) is 0.957. The van der Waals surface area contributed by atoms with E-state index in [1.165, 1.54) is 0 Å². The van der Waals surface area contributed by atoms with Gasteiger partial charge in [-0.1, -0.05) is 12.1 Å². The summed E-state index contributed by atoms with van der Waals surface area (Å²) in [6, 6.07) is 6.78. The molecule has 1 aliphatic rings. The van der Waals surface area contributed by atoms with Crippen molar-refractivity contribution in [2.75, 3.05) is 6.54 Å². The number of aliphatic hydroxyl groups is 1. The topological polar surface area (TPSA) is 97.1 Å². The molecule has 0 spiro atoms. The van der Waals surface area contributed by atoms with Gasteiger partial charge in [-0.15, -0.1) is 10.2 Å². The van der Waals surface area contributed by atoms with Gasteiger partial charge in [-0.2, -0.15) is 0 Å². The van der Waals surface area contributed by atoms with Crippen molar-refractivity contribution in [1.29, 1.82) is 0 Å². The van der Waals surface area contributed by atoms with Gasteiger partial charge in [0.25, 0.3) is 0 Å². The van der Waals surface area contributed by atoms with Crippen LogP contribution in [-0.2, 0) is 17.1 Å². The molecule has 0 unspecified atom stereocenters. The van der Waals surface area contributed by atoms with Gasteiger partial charge in [0, 0.05) is 19.5 Å². The molecule has 0 radical (unpaired) electrons. The molecule has 8 heteroatoms. The fourth-order valence-corrected chi connectivity index (χ4v) is 4.48. The Morgan fingerprint density at radius 2 is 2.17 bits per heavy atom. The molecule has 24 heavy (non-hydrogen) atoms. The standard InChI is InChI=1S/C16H22N4O3S/c1-11-4-3-5-14(6-11)24(22,23)18-9-13-7-12(8-15(13)21)16-19-17-10-20(16)2/h3-6,10,12-13,15,18,21H,7-9H2,1-2H3/t12-,13+,15+/m0/s1. The summed E-state index contributed by atoms with van der Waals surface area (Å²) in [4.78, 5) is 0.250. The lowest BCUT2D eigenvalue weighted by Crippen LogP contribution is -2.32. The van der Waals surface area contributed by atoms with E-state index in [0.29, 0.717) is 12.8 Å². The van der Waals surface area contributed by atoms with Crippen molar-refractivity contribution in [2.45, 2.75) is 36.7 Å². The maximum absolute atomic E-state index is 12.4. The van der Waals surface area contributed by atoms with Crippen molar-refractivity contribution in [3.63, 3.8) is 0 Å². The third-order valence-electron chi connectivity index (χ3n) is 4.60. The number of rotatable bonds is 5. The highest BCUT2D eigenvalue weighted by molar-refractivity contribution is 7.89. The molecule has 1 aliphatic carbocycles. The van der Waals surface area contributed by atoms with Crippen molar-refractivity contribution in [3.05, 3.63) is 42.0 Å². The third-order valence-corrected chi connectivity index (χ3v) is 6.03. The van der Waals surface area contributed by atoms with Crippen LogP contribution in [0.2, 0.25) is 0 Å². The van der Waals surface area contributed by atoms with Gasteiger partial charge in [0.1, 0.15) is 12.2 Å². The maximum Gasteiger partial charge on any atom is 0.240 e. The van der Waals surface area contributed by atoms with E-state index in [1.807, 2.05) is 24.6 Å². The van der Waals surface area contributed by atoms with E-state index in [0.717, 1.165) is 11.4 Å². The lowest BCUT2D eigenvalue weighted by atomic mass is 10.0. The minimum Gasteiger partial charge on any atom is -0.393 e. The number of nitrogens with one attached hydrogen (secondary N) is 1. The first-order chi connectivity index (χ1) is 11.4. The summed E-state index contributed by atoms with van der Waals surface area (Å²) in [5.41, 5.74) is 0.890. The van der Waals surface area contributed by atoms with Gasteiger partial charge in [-0.05, 0) is 43.4 Å². The number of hydrogen-bond donors (Lipinski definition) is 2. The quantitative estimate of drug-likeness (QED) is 0.837. The van der Waals surface area contributed by atoms with Gasteiger partial charge in [-0.3, -0.25) is 0 Å². The lowest BCUT2D eigenvalue weighted by molar-refractivity contribution is 0.134. The Morgan fingerprint density at radius 1 is 1.38 bits per heavy atom. The molecule has 1 aromatic carbocycles. The number of sulfonamides is 1. The van der Waals surface area contributed by atoms with E-state index in [1.54, 1.807) is 24.5 Å². The van der Waals surface area contributed by atoms with Gasteiger partial charge in [0.05, 0.1) is 11.0 Å². The summed E-state index contributed by atoms with van der Waals surface area (Å²) >= 11 is 0. The first-order valence-electron chi connectivity index (χ1n) is 7.95. The summed E-state index contributed by atoms with van der Waals surface area (Å²) in [5.74, 6) is 0.797. The van der Waals surface area contributed by atoms with Crippen LogP contribution in [0, 0.1) is 12.8 Å². The zero-order valence-electron chi connectivity index (χ0n) is 13.8. The van der Waals surface area contributed by atoms with Crippen molar-refractivity contribution in [3.8, 4) is 0 Å². The minimum atomic E-state index is -3.57. The third kappa shape index (κ3) is 3.50. The van der Waals surface area contributed by atoms with E-state index < -0.39 is 16.1 Å². The second-order valence-corrected chi connectivity index (χ2v) is 8.23. The largest absolute Gasteiger partial charge is 0.393 e. The molecule has 1 aromatic heterocycles. The fraction of sp³-hybridized carbons (Fsp3) is 0.500. The number of hydrogen-bond acceptors (Lipinski definition) is 5. The zero-order chi connectivity index (χ0) is 17.3. The van der Waals surface area contributed by atoms with Crippen LogP contribution in [-0.4, -0.2) is 40.9 Å². The van der Waals surface area contributed by atoms with Crippen molar-refractivity contribution in [2.24, 2.45) is 13.0 Å². The number of benzene rings is 1. The van der Waals surface area contributed by atoms with Crippen LogP contribution >= 0.6 is 0 Å². The molecule has 1 saturated carbocycles. The number of nitrogens with zero attached hydrogens (tertiary/aromatic N) is 3. The summed E-state index contributed by atoms with van der Waals surface area (Å²) < 4.78 is 29.3. The van der Waals surface area contributed by atoms with Crippen LogP contribution in [0.4, 0.5) is 0 Å². The Balaban J connectivity index is 1.65. The molecule has 0 aliphatic heterocycles. The summed E-state index contributed by atoms with van der Waals surface area (Å²) in [7, 11) is -1.70. The van der Waals surface area contributed by atoms with Gasteiger partial charge < -0.3 is 9.67 Å². The average Bonchev–Trinajstić information content (AvgIpc) is 3.11. The second kappa shape index (κ2) is 6.62. The molecule has 2 aromatic rings. The Kier molecular flexibility index (Phi) is 4.71. The van der Waals surface area contributed by atoms with Gasteiger partial charge in [0.2, 0.25) is 10.0 Å². The Labute approximate surface area is 141 Å². The summed E-state index contributed by atoms with van der Waals surface area (Å²) in [5, 5.41) is 18.2. The molecule has 1 heterocycles. The molecular formula is C16H22N4O3S. The molecule has 3 rings (SSSR count). The van der Waals surface area contributed by atoms with Crippen molar-refractivity contribution < 1.29 is 13.5 Å². The Hall–Kier alpha value is -1.77. The van der Waals surface area contributed by atoms with Crippen LogP contribution in [0.15, 0.2) is 35.5 Å². The maximum atomic E-state index is 12.4.